The third-order valence-corrected chi connectivity index (χ3v) is 10.2. The maximum Gasteiger partial charge on any atom is 0.335 e. The number of carboxylic acid groups (broad SMARTS) is 1. The van der Waals surface area contributed by atoms with Crippen molar-refractivity contribution >= 4 is 43.7 Å². The zero-order valence-corrected chi connectivity index (χ0v) is 31.1. The monoisotopic (exact) mass is 799 g/mol. The molecule has 4 atom stereocenters. The zero-order valence-electron chi connectivity index (χ0n) is 28.0. The molecule has 1 aliphatic heterocycles. The topological polar surface area (TPSA) is 76.1 Å². The van der Waals surface area contributed by atoms with Gasteiger partial charge in [-0.2, -0.15) is 0 Å². The van der Waals surface area contributed by atoms with E-state index < -0.39 is 5.97 Å². The quantitative estimate of drug-likeness (QED) is 0.210. The van der Waals surface area contributed by atoms with Crippen molar-refractivity contribution in [1.82, 2.24) is 4.90 Å². The van der Waals surface area contributed by atoms with Crippen LogP contribution in [-0.2, 0) is 0 Å². The van der Waals surface area contributed by atoms with Crippen LogP contribution in [0.3, 0.4) is 0 Å². The molecule has 1 saturated heterocycles. The molecule has 2 unspecified atom stereocenters. The number of hydrogen-bond donors (Lipinski definition) is 1. The molecular formula is C39H41Br2F2NO5. The summed E-state index contributed by atoms with van der Waals surface area (Å²) in [5.74, 6) is 1.35. The first-order valence-electron chi connectivity index (χ1n) is 16.1. The minimum atomic E-state index is -0.958. The van der Waals surface area contributed by atoms with Gasteiger partial charge in [0.05, 0.1) is 34.8 Å². The first-order chi connectivity index (χ1) is 23.4. The molecule has 2 aliphatic rings. The highest BCUT2D eigenvalue weighted by atomic mass is 79.9. The molecule has 1 saturated carbocycles. The molecule has 10 heteroatoms. The summed E-state index contributed by atoms with van der Waals surface area (Å²) in [5.41, 5.74) is 2.27. The largest absolute Gasteiger partial charge is 0.496 e. The minimum Gasteiger partial charge on any atom is -0.496 e. The van der Waals surface area contributed by atoms with Crippen LogP contribution in [-0.4, -0.2) is 42.6 Å². The van der Waals surface area contributed by atoms with E-state index in [2.05, 4.69) is 45.7 Å². The number of benzene rings is 4. The second-order valence-electron chi connectivity index (χ2n) is 12.5. The molecule has 4 aromatic rings. The predicted octanol–water partition coefficient (Wildman–Crippen LogP) is 10.7. The van der Waals surface area contributed by atoms with Crippen molar-refractivity contribution in [2.45, 2.75) is 51.5 Å². The van der Waals surface area contributed by atoms with Crippen LogP contribution >= 0.6 is 31.9 Å². The van der Waals surface area contributed by atoms with Crippen molar-refractivity contribution in [1.29, 1.82) is 0 Å². The molecule has 0 radical (unpaired) electrons. The molecule has 0 bridgehead atoms. The molecule has 1 heterocycles. The SMILES string of the molecule is CC1CC[C@@H](c2ccccc2F)C1.COc1cc(C(=O)N2CC(C)C[C@@H]2c2ccccc2F)ccc1Br.COc1cc(C(=O)O)ccc1Br. The van der Waals surface area contributed by atoms with Crippen molar-refractivity contribution in [2.75, 3.05) is 20.8 Å². The summed E-state index contributed by atoms with van der Waals surface area (Å²) in [6.07, 6.45) is 4.32. The van der Waals surface area contributed by atoms with Crippen LogP contribution in [0.5, 0.6) is 11.5 Å². The summed E-state index contributed by atoms with van der Waals surface area (Å²) in [4.78, 5) is 25.3. The van der Waals surface area contributed by atoms with Gasteiger partial charge in [-0.25, -0.2) is 13.6 Å². The van der Waals surface area contributed by atoms with Crippen LogP contribution in [0.4, 0.5) is 8.78 Å². The van der Waals surface area contributed by atoms with Gasteiger partial charge in [-0.1, -0.05) is 56.7 Å². The van der Waals surface area contributed by atoms with E-state index in [-0.39, 0.29) is 29.1 Å². The Hall–Kier alpha value is -3.76. The van der Waals surface area contributed by atoms with E-state index in [9.17, 15) is 18.4 Å². The van der Waals surface area contributed by atoms with Crippen LogP contribution in [0.2, 0.25) is 0 Å². The van der Waals surface area contributed by atoms with Gasteiger partial charge in [-0.15, -0.1) is 0 Å². The van der Waals surface area contributed by atoms with Crippen molar-refractivity contribution in [3.8, 4) is 11.5 Å². The number of rotatable bonds is 6. The van der Waals surface area contributed by atoms with Crippen molar-refractivity contribution < 1.29 is 33.0 Å². The Bertz CT molecular complexity index is 1750. The molecule has 0 aromatic heterocycles. The Kier molecular flexibility index (Phi) is 13.8. The molecule has 6 nitrogen and oxygen atoms in total. The standard InChI is InChI=1S/C19H19BrFNO2.C12H15F.C8H7BrO3/c1-12-9-17(14-5-3-4-6-16(14)21)22(11-12)19(23)13-7-8-15(20)18(10-13)24-2;1-9-6-7-10(8-9)11-4-2-3-5-12(11)13;1-12-7-4-5(8(10)11)2-3-6(7)9/h3-8,10,12,17H,9,11H2,1-2H3;2-5,9-10H,6-8H2,1H3;2-4H,1H3,(H,10,11)/t12?,17-;9?,10-;/m11./s1. The number of carbonyl (C=O) groups excluding carboxylic acids is 1. The maximum absolute atomic E-state index is 14.2. The fourth-order valence-electron chi connectivity index (χ4n) is 6.36. The molecule has 6 rings (SSSR count). The molecule has 1 aliphatic carbocycles. The summed E-state index contributed by atoms with van der Waals surface area (Å²) in [6.45, 7) is 4.96. The number of amides is 1. The van der Waals surface area contributed by atoms with Gasteiger partial charge in [0.2, 0.25) is 0 Å². The fourth-order valence-corrected chi connectivity index (χ4v) is 7.17. The minimum absolute atomic E-state index is 0.0263. The van der Waals surface area contributed by atoms with Crippen molar-refractivity contribution in [3.05, 3.63) is 128 Å². The molecule has 0 spiro atoms. The average Bonchev–Trinajstić information content (AvgIpc) is 3.70. The van der Waals surface area contributed by atoms with E-state index in [1.165, 1.54) is 31.7 Å². The van der Waals surface area contributed by atoms with E-state index in [0.717, 1.165) is 39.7 Å². The lowest BCUT2D eigenvalue weighted by Gasteiger charge is -2.25. The number of methoxy groups -OCH3 is 2. The lowest BCUT2D eigenvalue weighted by Crippen LogP contribution is -2.31. The Morgan fingerprint density at radius 3 is 1.78 bits per heavy atom. The third-order valence-electron chi connectivity index (χ3n) is 8.87. The van der Waals surface area contributed by atoms with E-state index in [1.807, 2.05) is 18.2 Å². The van der Waals surface area contributed by atoms with Gasteiger partial charge >= 0.3 is 5.97 Å². The normalized spacial score (nSPS) is 19.6. The van der Waals surface area contributed by atoms with Crippen molar-refractivity contribution in [2.24, 2.45) is 11.8 Å². The number of carboxylic acids is 1. The Morgan fingerprint density at radius 2 is 1.27 bits per heavy atom. The van der Waals surface area contributed by atoms with Gasteiger partial charge in [-0.05, 0) is 123 Å². The molecule has 4 aromatic carbocycles. The van der Waals surface area contributed by atoms with Crippen molar-refractivity contribution in [3.63, 3.8) is 0 Å². The van der Waals surface area contributed by atoms with Gasteiger partial charge in [0.1, 0.15) is 23.1 Å². The summed E-state index contributed by atoms with van der Waals surface area (Å²) < 4.78 is 39.3. The number of hydrogen-bond acceptors (Lipinski definition) is 4. The lowest BCUT2D eigenvalue weighted by atomic mass is 9.96. The number of ether oxygens (including phenoxy) is 2. The highest BCUT2D eigenvalue weighted by molar-refractivity contribution is 9.10. The van der Waals surface area contributed by atoms with Crippen LogP contribution in [0.25, 0.3) is 0 Å². The highest BCUT2D eigenvalue weighted by Crippen LogP contribution is 2.39. The third kappa shape index (κ3) is 9.91. The predicted molar refractivity (Wildman–Crippen MR) is 194 cm³/mol. The Labute approximate surface area is 303 Å². The van der Waals surface area contributed by atoms with E-state index in [4.69, 9.17) is 14.6 Å². The zero-order chi connectivity index (χ0) is 35.7. The van der Waals surface area contributed by atoms with Crippen LogP contribution in [0, 0.1) is 23.5 Å². The Balaban J connectivity index is 0.000000182. The first kappa shape index (κ1) is 38.0. The summed E-state index contributed by atoms with van der Waals surface area (Å²) in [6, 6.07) is 23.5. The number of aromatic carboxylic acids is 1. The fraction of sp³-hybridized carbons (Fsp3) is 0.333. The molecule has 1 N–H and O–H groups in total. The number of nitrogens with zero attached hydrogens (tertiary/aromatic N) is 1. The number of likely N-dealkylation sites (tertiary alicyclic amines) is 1. The number of carbonyl (C=O) groups is 2. The van der Waals surface area contributed by atoms with E-state index >= 15 is 0 Å². The van der Waals surface area contributed by atoms with Gasteiger partial charge in [-0.3, -0.25) is 4.79 Å². The summed E-state index contributed by atoms with van der Waals surface area (Å²) in [7, 11) is 3.06. The first-order valence-corrected chi connectivity index (χ1v) is 17.7. The van der Waals surface area contributed by atoms with Crippen LogP contribution < -0.4 is 9.47 Å². The smallest absolute Gasteiger partial charge is 0.335 e. The maximum atomic E-state index is 14.2. The van der Waals surface area contributed by atoms with E-state index in [0.29, 0.717) is 41.0 Å². The van der Waals surface area contributed by atoms with Gasteiger partial charge < -0.3 is 19.5 Å². The second-order valence-corrected chi connectivity index (χ2v) is 14.2. The lowest BCUT2D eigenvalue weighted by molar-refractivity contribution is 0.0694. The van der Waals surface area contributed by atoms with Gasteiger partial charge in [0.25, 0.3) is 5.91 Å². The highest BCUT2D eigenvalue weighted by Gasteiger charge is 2.36. The molecular weight excluding hydrogens is 760 g/mol. The molecule has 49 heavy (non-hydrogen) atoms. The molecule has 2 fully saturated rings. The van der Waals surface area contributed by atoms with Crippen LogP contribution in [0.1, 0.15) is 83.3 Å². The second kappa shape index (κ2) is 17.8. The molecule has 260 valence electrons. The van der Waals surface area contributed by atoms with Crippen LogP contribution in [0.15, 0.2) is 93.9 Å². The average molecular weight is 802 g/mol. The van der Waals surface area contributed by atoms with E-state index in [1.54, 1.807) is 60.5 Å². The summed E-state index contributed by atoms with van der Waals surface area (Å²) in [5, 5.41) is 8.62. The Morgan fingerprint density at radius 1 is 0.735 bits per heavy atom. The molecule has 1 amide bonds. The van der Waals surface area contributed by atoms with Gasteiger partial charge in [0, 0.05) is 17.7 Å². The number of halogens is 4. The summed E-state index contributed by atoms with van der Waals surface area (Å²) >= 11 is 6.61. The van der Waals surface area contributed by atoms with Gasteiger partial charge in [0.15, 0.2) is 0 Å².